The lowest BCUT2D eigenvalue weighted by molar-refractivity contribution is 0.280. The third-order valence-corrected chi connectivity index (χ3v) is 5.48. The fourth-order valence-corrected chi connectivity index (χ4v) is 4.03. The van der Waals surface area contributed by atoms with Crippen LogP contribution >= 0.6 is 0 Å². The molecule has 1 aromatic carbocycles. The molecule has 106 valence electrons. The van der Waals surface area contributed by atoms with Crippen molar-refractivity contribution < 1.29 is 13.5 Å². The van der Waals surface area contributed by atoms with Gasteiger partial charge in [0.05, 0.1) is 11.5 Å². The molecule has 2 unspecified atom stereocenters. The number of aliphatic hydroxyl groups is 1. The standard InChI is InChI=1S/C14H21NO3S/c1-4-11-6-13(11)15-19(17,18)14-7-12(8-16)9(2)5-10(14)3/h5,7,11,13,15-16H,4,6,8H2,1-3H3. The van der Waals surface area contributed by atoms with Gasteiger partial charge in [-0.15, -0.1) is 0 Å². The van der Waals surface area contributed by atoms with E-state index in [1.165, 1.54) is 0 Å². The van der Waals surface area contributed by atoms with Gasteiger partial charge >= 0.3 is 0 Å². The van der Waals surface area contributed by atoms with Crippen LogP contribution in [0.25, 0.3) is 0 Å². The van der Waals surface area contributed by atoms with Crippen LogP contribution in [0, 0.1) is 19.8 Å². The second-order valence-corrected chi connectivity index (χ2v) is 7.02. The van der Waals surface area contributed by atoms with Crippen molar-refractivity contribution in [2.75, 3.05) is 0 Å². The highest BCUT2D eigenvalue weighted by atomic mass is 32.2. The van der Waals surface area contributed by atoms with E-state index < -0.39 is 10.0 Å². The van der Waals surface area contributed by atoms with Gasteiger partial charge in [0.1, 0.15) is 0 Å². The predicted octanol–water partition coefficient (Wildman–Crippen LogP) is 1.87. The van der Waals surface area contributed by atoms with Gasteiger partial charge in [-0.2, -0.15) is 0 Å². The quantitative estimate of drug-likeness (QED) is 0.867. The van der Waals surface area contributed by atoms with Gasteiger partial charge < -0.3 is 5.11 Å². The highest BCUT2D eigenvalue weighted by Gasteiger charge is 2.38. The molecule has 0 heterocycles. The molecular weight excluding hydrogens is 262 g/mol. The number of benzene rings is 1. The molecular formula is C14H21NO3S. The van der Waals surface area contributed by atoms with Crippen molar-refractivity contribution in [2.45, 2.75) is 51.2 Å². The van der Waals surface area contributed by atoms with Crippen LogP contribution in [-0.2, 0) is 16.6 Å². The van der Waals surface area contributed by atoms with Gasteiger partial charge in [0.25, 0.3) is 0 Å². The van der Waals surface area contributed by atoms with E-state index in [0.717, 1.165) is 24.0 Å². The van der Waals surface area contributed by atoms with Crippen molar-refractivity contribution in [3.8, 4) is 0 Å². The topological polar surface area (TPSA) is 66.4 Å². The Hall–Kier alpha value is -0.910. The summed E-state index contributed by atoms with van der Waals surface area (Å²) in [6.07, 6.45) is 1.93. The molecule has 0 amide bonds. The molecule has 0 bridgehead atoms. The summed E-state index contributed by atoms with van der Waals surface area (Å²) in [6.45, 7) is 5.58. The van der Waals surface area contributed by atoms with E-state index in [1.807, 2.05) is 13.0 Å². The van der Waals surface area contributed by atoms with Crippen LogP contribution < -0.4 is 4.72 Å². The van der Waals surface area contributed by atoms with Gasteiger partial charge in [-0.3, -0.25) is 0 Å². The van der Waals surface area contributed by atoms with Crippen molar-refractivity contribution in [3.05, 3.63) is 28.8 Å². The molecule has 0 radical (unpaired) electrons. The van der Waals surface area contributed by atoms with E-state index in [0.29, 0.717) is 11.5 Å². The summed E-state index contributed by atoms with van der Waals surface area (Å²) in [5.41, 5.74) is 2.29. The van der Waals surface area contributed by atoms with E-state index in [9.17, 15) is 13.5 Å². The number of sulfonamides is 1. The minimum absolute atomic E-state index is 0.0771. The third-order valence-electron chi connectivity index (χ3n) is 3.85. The van der Waals surface area contributed by atoms with Gasteiger partial charge in [-0.1, -0.05) is 19.4 Å². The fraction of sp³-hybridized carbons (Fsp3) is 0.571. The van der Waals surface area contributed by atoms with Crippen molar-refractivity contribution in [2.24, 2.45) is 5.92 Å². The first-order valence-electron chi connectivity index (χ1n) is 6.62. The Morgan fingerprint density at radius 1 is 1.32 bits per heavy atom. The smallest absolute Gasteiger partial charge is 0.241 e. The molecule has 1 aromatic rings. The molecule has 2 atom stereocenters. The highest BCUT2D eigenvalue weighted by molar-refractivity contribution is 7.89. The predicted molar refractivity (Wildman–Crippen MR) is 74.3 cm³/mol. The molecule has 2 rings (SSSR count). The molecule has 1 fully saturated rings. The van der Waals surface area contributed by atoms with E-state index in [1.54, 1.807) is 13.0 Å². The maximum atomic E-state index is 12.4. The van der Waals surface area contributed by atoms with Gasteiger partial charge in [-0.25, -0.2) is 13.1 Å². The molecule has 19 heavy (non-hydrogen) atoms. The van der Waals surface area contributed by atoms with E-state index in [4.69, 9.17) is 0 Å². The molecule has 1 aliphatic rings. The Morgan fingerprint density at radius 2 is 2.00 bits per heavy atom. The summed E-state index contributed by atoms with van der Waals surface area (Å²) < 4.78 is 27.5. The molecule has 0 saturated heterocycles. The van der Waals surface area contributed by atoms with Crippen LogP contribution in [0.3, 0.4) is 0 Å². The number of hydrogen-bond acceptors (Lipinski definition) is 3. The molecule has 5 heteroatoms. The van der Waals surface area contributed by atoms with Crippen molar-refractivity contribution in [3.63, 3.8) is 0 Å². The first-order valence-corrected chi connectivity index (χ1v) is 8.10. The Morgan fingerprint density at radius 3 is 2.53 bits per heavy atom. The summed E-state index contributed by atoms with van der Waals surface area (Å²) in [4.78, 5) is 0.281. The summed E-state index contributed by atoms with van der Waals surface area (Å²) in [5.74, 6) is 0.470. The van der Waals surface area contributed by atoms with Crippen LogP contribution in [0.5, 0.6) is 0 Å². The molecule has 1 aliphatic carbocycles. The average Bonchev–Trinajstić information content (AvgIpc) is 3.06. The minimum Gasteiger partial charge on any atom is -0.392 e. The zero-order chi connectivity index (χ0) is 14.2. The Bertz CT molecular complexity index is 581. The van der Waals surface area contributed by atoms with Crippen LogP contribution in [0.4, 0.5) is 0 Å². The van der Waals surface area contributed by atoms with Crippen LogP contribution in [0.1, 0.15) is 36.5 Å². The number of rotatable bonds is 5. The number of aryl methyl sites for hydroxylation is 2. The maximum Gasteiger partial charge on any atom is 0.241 e. The number of aliphatic hydroxyl groups excluding tert-OH is 1. The normalized spacial score (nSPS) is 22.5. The summed E-state index contributed by atoms with van der Waals surface area (Å²) in [6, 6.07) is 3.47. The Kier molecular flexibility index (Phi) is 3.99. The third kappa shape index (κ3) is 2.99. The number of nitrogens with one attached hydrogen (secondary N) is 1. The summed E-state index contributed by atoms with van der Waals surface area (Å²) in [5, 5.41) is 9.26. The van der Waals surface area contributed by atoms with E-state index >= 15 is 0 Å². The van der Waals surface area contributed by atoms with Crippen LogP contribution in [-0.4, -0.2) is 19.6 Å². The lowest BCUT2D eigenvalue weighted by Gasteiger charge is -2.12. The monoisotopic (exact) mass is 283 g/mol. The average molecular weight is 283 g/mol. The summed E-state index contributed by atoms with van der Waals surface area (Å²) >= 11 is 0. The highest BCUT2D eigenvalue weighted by Crippen LogP contribution is 2.34. The molecule has 0 aromatic heterocycles. The SMILES string of the molecule is CCC1CC1NS(=O)(=O)c1cc(CO)c(C)cc1C. The van der Waals surface area contributed by atoms with Gasteiger partial charge in [0, 0.05) is 6.04 Å². The molecule has 4 nitrogen and oxygen atoms in total. The zero-order valence-electron chi connectivity index (χ0n) is 11.6. The van der Waals surface area contributed by atoms with Gasteiger partial charge in [0.2, 0.25) is 10.0 Å². The molecule has 0 spiro atoms. The lowest BCUT2D eigenvalue weighted by Crippen LogP contribution is -2.28. The van der Waals surface area contributed by atoms with Gasteiger partial charge in [-0.05, 0) is 48.9 Å². The van der Waals surface area contributed by atoms with Crippen molar-refractivity contribution >= 4 is 10.0 Å². The molecule has 1 saturated carbocycles. The largest absolute Gasteiger partial charge is 0.392 e. The lowest BCUT2D eigenvalue weighted by atomic mass is 10.1. The fourth-order valence-electron chi connectivity index (χ4n) is 2.44. The van der Waals surface area contributed by atoms with E-state index in [-0.39, 0.29) is 17.5 Å². The first kappa shape index (κ1) is 14.5. The summed E-state index contributed by atoms with van der Waals surface area (Å²) in [7, 11) is -3.48. The molecule has 0 aliphatic heterocycles. The van der Waals surface area contributed by atoms with Crippen molar-refractivity contribution in [1.29, 1.82) is 0 Å². The Balaban J connectivity index is 2.30. The first-order chi connectivity index (χ1) is 8.89. The maximum absolute atomic E-state index is 12.4. The van der Waals surface area contributed by atoms with E-state index in [2.05, 4.69) is 11.6 Å². The zero-order valence-corrected chi connectivity index (χ0v) is 12.4. The van der Waals surface area contributed by atoms with Crippen LogP contribution in [0.2, 0.25) is 0 Å². The van der Waals surface area contributed by atoms with Crippen molar-refractivity contribution in [1.82, 2.24) is 4.72 Å². The minimum atomic E-state index is -3.48. The Labute approximate surface area is 114 Å². The van der Waals surface area contributed by atoms with Gasteiger partial charge in [0.15, 0.2) is 0 Å². The second kappa shape index (κ2) is 5.23. The molecule has 2 N–H and O–H groups in total. The van der Waals surface area contributed by atoms with Crippen LogP contribution in [0.15, 0.2) is 17.0 Å². The second-order valence-electron chi connectivity index (χ2n) is 5.33. The number of hydrogen-bond donors (Lipinski definition) is 2.